The summed E-state index contributed by atoms with van der Waals surface area (Å²) >= 11 is 12.0. The molecule has 0 saturated heterocycles. The van der Waals surface area contributed by atoms with Crippen LogP contribution in [0.1, 0.15) is 32.8 Å². The highest BCUT2D eigenvalue weighted by Gasteiger charge is 2.26. The van der Waals surface area contributed by atoms with E-state index >= 15 is 0 Å². The molecular weight excluding hydrogens is 300 g/mol. The van der Waals surface area contributed by atoms with Crippen molar-refractivity contribution in [2.75, 3.05) is 0 Å². The van der Waals surface area contributed by atoms with E-state index in [0.717, 1.165) is 34.7 Å². The quantitative estimate of drug-likeness (QED) is 0.571. The first kappa shape index (κ1) is 14.9. The number of rotatable bonds is 2. The topological polar surface area (TPSA) is 20.7 Å². The zero-order valence-corrected chi connectivity index (χ0v) is 14.3. The van der Waals surface area contributed by atoms with Gasteiger partial charge in [-0.25, -0.2) is 0 Å². The lowest BCUT2D eigenvalue weighted by molar-refractivity contribution is 0.328. The molecule has 0 aliphatic carbocycles. The van der Waals surface area contributed by atoms with Crippen molar-refractivity contribution < 1.29 is 0 Å². The van der Waals surface area contributed by atoms with Gasteiger partial charge < -0.3 is 9.55 Å². The zero-order chi connectivity index (χ0) is 15.1. The van der Waals surface area contributed by atoms with E-state index < -0.39 is 0 Å². The fourth-order valence-corrected chi connectivity index (χ4v) is 3.78. The van der Waals surface area contributed by atoms with Crippen molar-refractivity contribution in [2.24, 2.45) is 11.8 Å². The Morgan fingerprint density at radius 2 is 2.24 bits per heavy atom. The van der Waals surface area contributed by atoms with E-state index in [-0.39, 0.29) is 0 Å². The van der Waals surface area contributed by atoms with E-state index in [0.29, 0.717) is 11.8 Å². The SMILES string of the molecule is CC(C)=CCC1Cc2c(Cl)ccc3[nH]c(=S)n(c23)C[C@H]1C. The molecule has 112 valence electrons. The van der Waals surface area contributed by atoms with Crippen molar-refractivity contribution in [1.82, 2.24) is 9.55 Å². The number of hydrogen-bond donors (Lipinski definition) is 1. The van der Waals surface area contributed by atoms with E-state index in [1.165, 1.54) is 16.7 Å². The Morgan fingerprint density at radius 1 is 1.48 bits per heavy atom. The van der Waals surface area contributed by atoms with Crippen LogP contribution in [0, 0.1) is 16.6 Å². The number of allylic oxidation sites excluding steroid dienone is 2. The van der Waals surface area contributed by atoms with E-state index in [1.54, 1.807) is 0 Å². The lowest BCUT2D eigenvalue weighted by atomic mass is 9.85. The molecular formula is C17H21ClN2S. The molecule has 21 heavy (non-hydrogen) atoms. The Balaban J connectivity index is 2.12. The highest BCUT2D eigenvalue weighted by atomic mass is 35.5. The lowest BCUT2D eigenvalue weighted by Crippen LogP contribution is -2.16. The van der Waals surface area contributed by atoms with E-state index in [1.807, 2.05) is 12.1 Å². The van der Waals surface area contributed by atoms with E-state index in [4.69, 9.17) is 23.8 Å². The fraction of sp³-hybridized carbons (Fsp3) is 0.471. The molecule has 1 aliphatic heterocycles. The monoisotopic (exact) mass is 320 g/mol. The van der Waals surface area contributed by atoms with Gasteiger partial charge in [-0.1, -0.05) is 30.2 Å². The van der Waals surface area contributed by atoms with Crippen LogP contribution in [0.5, 0.6) is 0 Å². The Morgan fingerprint density at radius 3 is 2.95 bits per heavy atom. The van der Waals surface area contributed by atoms with Crippen LogP contribution in [0.25, 0.3) is 11.0 Å². The Hall–Kier alpha value is -1.06. The Kier molecular flexibility index (Phi) is 3.98. The van der Waals surface area contributed by atoms with Gasteiger partial charge in [0.1, 0.15) is 0 Å². The average Bonchev–Trinajstić information content (AvgIpc) is 2.64. The standard InChI is InChI=1S/C17H21ClN2S/c1-10(2)4-5-12-8-13-14(18)6-7-15-16(13)20(9-11(12)3)17(21)19-15/h4,6-7,11-12H,5,8-9H2,1-3H3,(H,19,21)/t11-,12?/m1/s1. The second-order valence-electron chi connectivity index (χ2n) is 6.42. The molecule has 1 aromatic heterocycles. The molecule has 1 unspecified atom stereocenters. The summed E-state index contributed by atoms with van der Waals surface area (Å²) in [5.41, 5.74) is 4.94. The van der Waals surface area contributed by atoms with Crippen LogP contribution in [-0.4, -0.2) is 9.55 Å². The van der Waals surface area contributed by atoms with Gasteiger partial charge >= 0.3 is 0 Å². The van der Waals surface area contributed by atoms with Gasteiger partial charge in [0.2, 0.25) is 0 Å². The number of H-pyrrole nitrogens is 1. The minimum absolute atomic E-state index is 0.578. The third kappa shape index (κ3) is 2.69. The van der Waals surface area contributed by atoms with Crippen LogP contribution in [0.2, 0.25) is 5.02 Å². The first-order valence-corrected chi connectivity index (χ1v) is 8.29. The number of halogens is 1. The normalized spacial score (nSPS) is 21.3. The number of benzene rings is 1. The van der Waals surface area contributed by atoms with Crippen molar-refractivity contribution >= 4 is 34.9 Å². The minimum atomic E-state index is 0.578. The number of nitrogens with zero attached hydrogens (tertiary/aromatic N) is 1. The van der Waals surface area contributed by atoms with E-state index in [2.05, 4.69) is 36.4 Å². The molecule has 4 heteroatoms. The molecule has 2 atom stereocenters. The number of aromatic nitrogens is 2. The molecule has 1 aromatic carbocycles. The average molecular weight is 321 g/mol. The molecule has 1 N–H and O–H groups in total. The molecule has 2 nitrogen and oxygen atoms in total. The summed E-state index contributed by atoms with van der Waals surface area (Å²) in [6.07, 6.45) is 4.47. The largest absolute Gasteiger partial charge is 0.331 e. The van der Waals surface area contributed by atoms with Gasteiger partial charge in [0.05, 0.1) is 11.0 Å². The second-order valence-corrected chi connectivity index (χ2v) is 7.22. The third-order valence-corrected chi connectivity index (χ3v) is 5.23. The third-order valence-electron chi connectivity index (χ3n) is 4.55. The van der Waals surface area contributed by atoms with Crippen molar-refractivity contribution in [3.63, 3.8) is 0 Å². The maximum absolute atomic E-state index is 6.49. The van der Waals surface area contributed by atoms with Crippen LogP contribution in [-0.2, 0) is 13.0 Å². The maximum Gasteiger partial charge on any atom is 0.178 e. The summed E-state index contributed by atoms with van der Waals surface area (Å²) in [6, 6.07) is 4.03. The summed E-state index contributed by atoms with van der Waals surface area (Å²) in [7, 11) is 0. The summed E-state index contributed by atoms with van der Waals surface area (Å²) < 4.78 is 3.04. The van der Waals surface area contributed by atoms with Crippen LogP contribution >= 0.6 is 23.8 Å². The first-order valence-electron chi connectivity index (χ1n) is 7.50. The molecule has 1 aliphatic rings. The van der Waals surface area contributed by atoms with Gasteiger partial charge in [0, 0.05) is 11.6 Å². The van der Waals surface area contributed by atoms with Crippen molar-refractivity contribution in [1.29, 1.82) is 0 Å². The van der Waals surface area contributed by atoms with Gasteiger partial charge in [-0.3, -0.25) is 0 Å². The predicted molar refractivity (Wildman–Crippen MR) is 92.5 cm³/mol. The molecule has 0 saturated carbocycles. The van der Waals surface area contributed by atoms with E-state index in [9.17, 15) is 0 Å². The lowest BCUT2D eigenvalue weighted by Gasteiger charge is -2.21. The molecule has 0 amide bonds. The van der Waals surface area contributed by atoms with Crippen LogP contribution in [0.15, 0.2) is 23.8 Å². The number of aromatic amines is 1. The molecule has 0 radical (unpaired) electrons. The fourth-order valence-electron chi connectivity index (χ4n) is 3.28. The van der Waals surface area contributed by atoms with Gasteiger partial charge in [0.15, 0.2) is 4.77 Å². The highest BCUT2D eigenvalue weighted by Crippen LogP contribution is 2.35. The van der Waals surface area contributed by atoms with Gasteiger partial charge in [-0.15, -0.1) is 0 Å². The zero-order valence-electron chi connectivity index (χ0n) is 12.7. The summed E-state index contributed by atoms with van der Waals surface area (Å²) in [6.45, 7) is 7.61. The molecule has 0 fully saturated rings. The summed E-state index contributed by atoms with van der Waals surface area (Å²) in [5.74, 6) is 1.19. The number of nitrogens with one attached hydrogen (secondary N) is 1. The van der Waals surface area contributed by atoms with Crippen LogP contribution < -0.4 is 0 Å². The molecule has 0 spiro atoms. The predicted octanol–water partition coefficient (Wildman–Crippen LogP) is 5.52. The van der Waals surface area contributed by atoms with Gasteiger partial charge in [0.25, 0.3) is 0 Å². The molecule has 2 aromatic rings. The maximum atomic E-state index is 6.49. The highest BCUT2D eigenvalue weighted by molar-refractivity contribution is 7.71. The summed E-state index contributed by atoms with van der Waals surface area (Å²) in [5, 5.41) is 0.863. The first-order chi connectivity index (χ1) is 9.97. The van der Waals surface area contributed by atoms with Crippen LogP contribution in [0.4, 0.5) is 0 Å². The van der Waals surface area contributed by atoms with Crippen molar-refractivity contribution in [2.45, 2.75) is 40.2 Å². The van der Waals surface area contributed by atoms with Crippen molar-refractivity contribution in [3.8, 4) is 0 Å². The van der Waals surface area contributed by atoms with Crippen LogP contribution in [0.3, 0.4) is 0 Å². The van der Waals surface area contributed by atoms with Crippen molar-refractivity contribution in [3.05, 3.63) is 39.1 Å². The molecule has 3 rings (SSSR count). The Labute approximate surface area is 135 Å². The number of imidazole rings is 1. The molecule has 2 heterocycles. The summed E-state index contributed by atoms with van der Waals surface area (Å²) in [4.78, 5) is 3.31. The second kappa shape index (κ2) is 5.62. The smallest absolute Gasteiger partial charge is 0.178 e. The molecule has 0 bridgehead atoms. The van der Waals surface area contributed by atoms with Gasteiger partial charge in [-0.2, -0.15) is 0 Å². The van der Waals surface area contributed by atoms with Gasteiger partial charge in [-0.05, 0) is 68.4 Å². The Bertz CT molecular complexity index is 765. The number of hydrogen-bond acceptors (Lipinski definition) is 1. The minimum Gasteiger partial charge on any atom is -0.331 e.